The maximum absolute atomic E-state index is 11.2. The lowest BCUT2D eigenvalue weighted by Crippen LogP contribution is -2.22. The van der Waals surface area contributed by atoms with Crippen molar-refractivity contribution in [2.75, 3.05) is 0 Å². The summed E-state index contributed by atoms with van der Waals surface area (Å²) in [5, 5.41) is 0. The van der Waals surface area contributed by atoms with E-state index in [1.165, 1.54) is 12.8 Å². The molecule has 78 valence electrons. The highest BCUT2D eigenvalue weighted by Gasteiger charge is 2.26. The molecule has 1 fully saturated rings. The summed E-state index contributed by atoms with van der Waals surface area (Å²) < 4.78 is 5.08. The summed E-state index contributed by atoms with van der Waals surface area (Å²) in [6.07, 6.45) is 2.51. The van der Waals surface area contributed by atoms with Crippen molar-refractivity contribution in [3.05, 3.63) is 0 Å². The van der Waals surface area contributed by atoms with Gasteiger partial charge in [0, 0.05) is 11.8 Å². The van der Waals surface area contributed by atoms with E-state index in [-0.39, 0.29) is 0 Å². The summed E-state index contributed by atoms with van der Waals surface area (Å²) in [4.78, 5) is 11.2. The van der Waals surface area contributed by atoms with E-state index in [0.717, 1.165) is 0 Å². The molecule has 0 N–H and O–H groups in total. The van der Waals surface area contributed by atoms with Crippen molar-refractivity contribution < 1.29 is 9.53 Å². The average molecular weight is 194 g/mol. The number of carbonyl (C=O) groups excluding carboxylic acids is 1. The molecule has 0 heterocycles. The highest BCUT2D eigenvalue weighted by atomic mass is 16.6. The zero-order chi connectivity index (χ0) is 10.8. The van der Waals surface area contributed by atoms with E-state index in [4.69, 9.17) is 4.74 Å². The second-order valence-corrected chi connectivity index (χ2v) is 4.90. The van der Waals surface area contributed by atoms with Crippen molar-refractivity contribution in [2.45, 2.75) is 46.1 Å². The molecule has 14 heavy (non-hydrogen) atoms. The van der Waals surface area contributed by atoms with Gasteiger partial charge in [0.25, 0.3) is 0 Å². The molecule has 0 aromatic heterocycles. The number of rotatable bonds is 1. The molecule has 0 amide bonds. The van der Waals surface area contributed by atoms with Crippen LogP contribution >= 0.6 is 0 Å². The Hall–Kier alpha value is -0.970. The first kappa shape index (κ1) is 11.1. The first-order valence-corrected chi connectivity index (χ1v) is 5.13. The molecule has 1 unspecified atom stereocenters. The number of hydrogen-bond donors (Lipinski definition) is 0. The minimum absolute atomic E-state index is 0.336. The smallest absolute Gasteiger partial charge is 0.384 e. The van der Waals surface area contributed by atoms with Crippen LogP contribution in [-0.4, -0.2) is 11.6 Å². The molecule has 1 rings (SSSR count). The Morgan fingerprint density at radius 1 is 1.43 bits per heavy atom. The largest absolute Gasteiger partial charge is 0.450 e. The van der Waals surface area contributed by atoms with Crippen LogP contribution in [0.3, 0.4) is 0 Å². The Balaban J connectivity index is 2.38. The van der Waals surface area contributed by atoms with Gasteiger partial charge in [-0.25, -0.2) is 4.79 Å². The molecule has 2 heteroatoms. The molecule has 0 aromatic rings. The Bertz CT molecular complexity index is 271. The van der Waals surface area contributed by atoms with Crippen LogP contribution in [0.2, 0.25) is 0 Å². The molecule has 0 saturated heterocycles. The minimum Gasteiger partial charge on any atom is -0.450 e. The van der Waals surface area contributed by atoms with Crippen LogP contribution in [0, 0.1) is 23.7 Å². The molecule has 0 spiro atoms. The van der Waals surface area contributed by atoms with Gasteiger partial charge < -0.3 is 4.74 Å². The topological polar surface area (TPSA) is 26.3 Å². The number of ether oxygens (including phenoxy) is 1. The van der Waals surface area contributed by atoms with E-state index in [9.17, 15) is 4.79 Å². The van der Waals surface area contributed by atoms with Gasteiger partial charge in [-0.15, -0.1) is 0 Å². The third-order valence-electron chi connectivity index (χ3n) is 2.13. The van der Waals surface area contributed by atoms with E-state index in [1.807, 2.05) is 20.8 Å². The molecule has 0 bridgehead atoms. The first-order chi connectivity index (χ1) is 6.38. The van der Waals surface area contributed by atoms with Crippen LogP contribution < -0.4 is 0 Å². The molecule has 0 aliphatic heterocycles. The fourth-order valence-corrected chi connectivity index (χ4v) is 1.19. The summed E-state index contributed by atoms with van der Waals surface area (Å²) in [6.45, 7) is 7.60. The number of hydrogen-bond acceptors (Lipinski definition) is 2. The van der Waals surface area contributed by atoms with E-state index in [0.29, 0.717) is 11.8 Å². The van der Waals surface area contributed by atoms with Gasteiger partial charge in [-0.05, 0) is 39.5 Å². The summed E-state index contributed by atoms with van der Waals surface area (Å²) in [6, 6.07) is 0. The van der Waals surface area contributed by atoms with Gasteiger partial charge in [0.15, 0.2) is 0 Å². The van der Waals surface area contributed by atoms with Gasteiger partial charge in [-0.3, -0.25) is 0 Å². The molecule has 2 nitrogen and oxygen atoms in total. The SMILES string of the molecule is CC(C#CC(=O)OC(C)(C)C)C1CC1. The van der Waals surface area contributed by atoms with Crippen molar-refractivity contribution in [2.24, 2.45) is 11.8 Å². The minimum atomic E-state index is -0.436. The first-order valence-electron chi connectivity index (χ1n) is 5.13. The van der Waals surface area contributed by atoms with E-state index in [1.54, 1.807) is 0 Å². The monoisotopic (exact) mass is 194 g/mol. The Kier molecular flexibility index (Phi) is 3.21. The van der Waals surface area contributed by atoms with E-state index < -0.39 is 11.6 Å². The van der Waals surface area contributed by atoms with E-state index in [2.05, 4.69) is 18.8 Å². The van der Waals surface area contributed by atoms with Crippen LogP contribution in [0.5, 0.6) is 0 Å². The van der Waals surface area contributed by atoms with Gasteiger partial charge in [0.2, 0.25) is 0 Å². The maximum atomic E-state index is 11.2. The van der Waals surface area contributed by atoms with Crippen molar-refractivity contribution >= 4 is 5.97 Å². The summed E-state index contributed by atoms with van der Waals surface area (Å²) in [5.74, 6) is 6.13. The second-order valence-electron chi connectivity index (χ2n) is 4.90. The van der Waals surface area contributed by atoms with Crippen molar-refractivity contribution in [3.8, 4) is 11.8 Å². The van der Waals surface area contributed by atoms with Gasteiger partial charge >= 0.3 is 5.97 Å². The van der Waals surface area contributed by atoms with Crippen LogP contribution in [0.4, 0.5) is 0 Å². The molecular formula is C12H18O2. The Morgan fingerprint density at radius 3 is 2.43 bits per heavy atom. The standard InChI is InChI=1S/C12H18O2/c1-9(10-6-7-10)5-8-11(13)14-12(2,3)4/h9-10H,6-7H2,1-4H3. The predicted molar refractivity (Wildman–Crippen MR) is 55.5 cm³/mol. The third kappa shape index (κ3) is 4.32. The number of carbonyl (C=O) groups is 1. The molecular weight excluding hydrogens is 176 g/mol. The van der Waals surface area contributed by atoms with Crippen LogP contribution in [0.1, 0.15) is 40.5 Å². The second kappa shape index (κ2) is 4.04. The zero-order valence-electron chi connectivity index (χ0n) is 9.39. The van der Waals surface area contributed by atoms with Gasteiger partial charge in [0.1, 0.15) is 5.60 Å². The molecule has 1 aliphatic rings. The quantitative estimate of drug-likeness (QED) is 0.364. The summed E-state index contributed by atoms with van der Waals surface area (Å²) >= 11 is 0. The maximum Gasteiger partial charge on any atom is 0.384 e. The molecule has 1 aliphatic carbocycles. The molecule has 1 saturated carbocycles. The Morgan fingerprint density at radius 2 is 2.00 bits per heavy atom. The van der Waals surface area contributed by atoms with Crippen molar-refractivity contribution in [1.82, 2.24) is 0 Å². The van der Waals surface area contributed by atoms with Gasteiger partial charge in [-0.1, -0.05) is 12.8 Å². The average Bonchev–Trinajstić information content (AvgIpc) is 2.78. The lowest BCUT2D eigenvalue weighted by Gasteiger charge is -2.17. The highest BCUT2D eigenvalue weighted by molar-refractivity contribution is 5.88. The third-order valence-corrected chi connectivity index (χ3v) is 2.13. The molecule has 0 aromatic carbocycles. The highest BCUT2D eigenvalue weighted by Crippen LogP contribution is 2.35. The van der Waals surface area contributed by atoms with Crippen molar-refractivity contribution in [1.29, 1.82) is 0 Å². The van der Waals surface area contributed by atoms with Crippen LogP contribution in [0.25, 0.3) is 0 Å². The van der Waals surface area contributed by atoms with E-state index >= 15 is 0 Å². The van der Waals surface area contributed by atoms with Gasteiger partial charge in [-0.2, -0.15) is 0 Å². The normalized spacial score (nSPS) is 18.0. The fraction of sp³-hybridized carbons (Fsp3) is 0.750. The number of esters is 1. The Labute approximate surface area is 86.0 Å². The van der Waals surface area contributed by atoms with Crippen molar-refractivity contribution in [3.63, 3.8) is 0 Å². The molecule has 0 radical (unpaired) electrons. The lowest BCUT2D eigenvalue weighted by molar-refractivity contribution is -0.147. The predicted octanol–water partition coefficient (Wildman–Crippen LogP) is 2.38. The lowest BCUT2D eigenvalue weighted by atomic mass is 10.1. The fourth-order valence-electron chi connectivity index (χ4n) is 1.19. The summed E-state index contributed by atoms with van der Waals surface area (Å²) in [5.41, 5.74) is -0.436. The summed E-state index contributed by atoms with van der Waals surface area (Å²) in [7, 11) is 0. The zero-order valence-corrected chi connectivity index (χ0v) is 9.39. The molecule has 1 atom stereocenters. The van der Waals surface area contributed by atoms with Crippen LogP contribution in [-0.2, 0) is 9.53 Å². The van der Waals surface area contributed by atoms with Crippen LogP contribution in [0.15, 0.2) is 0 Å². The van der Waals surface area contributed by atoms with Gasteiger partial charge in [0.05, 0.1) is 0 Å².